The lowest BCUT2D eigenvalue weighted by molar-refractivity contribution is 0.355. The van der Waals surface area contributed by atoms with Gasteiger partial charge >= 0.3 is 0 Å². The van der Waals surface area contributed by atoms with Crippen LogP contribution in [0.3, 0.4) is 0 Å². The Hall–Kier alpha value is -3.32. The summed E-state index contributed by atoms with van der Waals surface area (Å²) in [6.07, 6.45) is 1.77. The van der Waals surface area contributed by atoms with Crippen molar-refractivity contribution >= 4 is 22.6 Å². The van der Waals surface area contributed by atoms with Gasteiger partial charge in [-0.15, -0.1) is 0 Å². The van der Waals surface area contributed by atoms with Crippen molar-refractivity contribution in [2.45, 2.75) is 0 Å². The van der Waals surface area contributed by atoms with Crippen molar-refractivity contribution < 1.29 is 9.47 Å². The predicted molar refractivity (Wildman–Crippen MR) is 94.8 cm³/mol. The first-order valence-corrected chi connectivity index (χ1v) is 7.45. The van der Waals surface area contributed by atoms with E-state index >= 15 is 0 Å². The quantitative estimate of drug-likeness (QED) is 0.673. The fourth-order valence-corrected chi connectivity index (χ4v) is 2.49. The lowest BCUT2D eigenvalue weighted by Crippen LogP contribution is -1.92. The fourth-order valence-electron chi connectivity index (χ4n) is 2.49. The number of methoxy groups -OCH3 is 2. The molecule has 0 atom stereocenters. The summed E-state index contributed by atoms with van der Waals surface area (Å²) in [6, 6.07) is 19.4. The smallest absolute Gasteiger partial charge is 0.161 e. The normalized spacial score (nSPS) is 11.1. The van der Waals surface area contributed by atoms with E-state index in [9.17, 15) is 5.26 Å². The Morgan fingerprint density at radius 1 is 1.00 bits per heavy atom. The summed E-state index contributed by atoms with van der Waals surface area (Å²) in [6.45, 7) is 0. The second-order valence-electron chi connectivity index (χ2n) is 5.17. The molecule has 0 spiro atoms. The third-order valence-electron chi connectivity index (χ3n) is 3.73. The van der Waals surface area contributed by atoms with E-state index in [1.807, 2.05) is 42.5 Å². The van der Waals surface area contributed by atoms with E-state index in [1.54, 1.807) is 32.4 Å². The van der Waals surface area contributed by atoms with Crippen LogP contribution in [0.1, 0.15) is 11.3 Å². The number of rotatable bonds is 4. The molecule has 3 aromatic rings. The first-order chi connectivity index (χ1) is 11.7. The van der Waals surface area contributed by atoms with E-state index in [4.69, 9.17) is 9.47 Å². The molecule has 0 amide bonds. The third kappa shape index (κ3) is 3.06. The van der Waals surface area contributed by atoms with E-state index in [2.05, 4.69) is 11.1 Å². The lowest BCUT2D eigenvalue weighted by atomic mass is 10.0. The van der Waals surface area contributed by atoms with Crippen LogP contribution in [0.5, 0.6) is 11.5 Å². The molecule has 4 nitrogen and oxygen atoms in total. The average Bonchev–Trinajstić information content (AvgIpc) is 2.65. The van der Waals surface area contributed by atoms with Crippen LogP contribution in [0, 0.1) is 11.3 Å². The van der Waals surface area contributed by atoms with E-state index in [1.165, 1.54) is 0 Å². The summed E-state index contributed by atoms with van der Waals surface area (Å²) in [4.78, 5) is 4.58. The maximum absolute atomic E-state index is 9.53. The molecule has 0 fully saturated rings. The SMILES string of the molecule is COc1ccc(/C(C#N)=C/c2ccc3ccccc3n2)cc1OC. The van der Waals surface area contributed by atoms with Crippen LogP contribution in [0.25, 0.3) is 22.6 Å². The van der Waals surface area contributed by atoms with E-state index in [0.29, 0.717) is 17.1 Å². The first-order valence-electron chi connectivity index (χ1n) is 7.45. The Morgan fingerprint density at radius 3 is 2.54 bits per heavy atom. The number of allylic oxidation sites excluding steroid dienone is 1. The number of hydrogen-bond acceptors (Lipinski definition) is 4. The summed E-state index contributed by atoms with van der Waals surface area (Å²) in [5.41, 5.74) is 2.90. The molecular formula is C20H16N2O2. The standard InChI is InChI=1S/C20H16N2O2/c1-23-19-10-8-15(12-20(19)24-2)16(13-21)11-17-9-7-14-5-3-4-6-18(14)22-17/h3-12H,1-2H3/b16-11+. The van der Waals surface area contributed by atoms with E-state index < -0.39 is 0 Å². The number of para-hydroxylation sites is 1. The Balaban J connectivity index is 2.04. The Labute approximate surface area is 140 Å². The second kappa shape index (κ2) is 6.84. The molecule has 0 bridgehead atoms. The zero-order valence-corrected chi connectivity index (χ0v) is 13.5. The molecular weight excluding hydrogens is 300 g/mol. The maximum atomic E-state index is 9.53. The number of aromatic nitrogens is 1. The Morgan fingerprint density at radius 2 is 1.79 bits per heavy atom. The fraction of sp³-hybridized carbons (Fsp3) is 0.100. The Kier molecular flexibility index (Phi) is 4.44. The molecule has 24 heavy (non-hydrogen) atoms. The van der Waals surface area contributed by atoms with Crippen molar-refractivity contribution in [1.82, 2.24) is 4.98 Å². The van der Waals surface area contributed by atoms with Crippen LogP contribution >= 0.6 is 0 Å². The van der Waals surface area contributed by atoms with Crippen LogP contribution in [0.15, 0.2) is 54.6 Å². The summed E-state index contributed by atoms with van der Waals surface area (Å²) >= 11 is 0. The number of benzene rings is 2. The van der Waals surface area contributed by atoms with Gasteiger partial charge in [-0.25, -0.2) is 4.98 Å². The molecule has 118 valence electrons. The van der Waals surface area contributed by atoms with Gasteiger partial charge in [0, 0.05) is 5.39 Å². The number of nitriles is 1. The second-order valence-corrected chi connectivity index (χ2v) is 5.17. The van der Waals surface area contributed by atoms with Gasteiger partial charge in [-0.2, -0.15) is 5.26 Å². The molecule has 0 aliphatic carbocycles. The van der Waals surface area contributed by atoms with Gasteiger partial charge in [0.25, 0.3) is 0 Å². The molecule has 4 heteroatoms. The number of fused-ring (bicyclic) bond motifs is 1. The minimum Gasteiger partial charge on any atom is -0.493 e. The Bertz CT molecular complexity index is 955. The maximum Gasteiger partial charge on any atom is 0.161 e. The first kappa shape index (κ1) is 15.6. The van der Waals surface area contributed by atoms with Gasteiger partial charge in [-0.1, -0.05) is 24.3 Å². The van der Waals surface area contributed by atoms with Crippen molar-refractivity contribution in [2.75, 3.05) is 14.2 Å². The number of ether oxygens (including phenoxy) is 2. The minimum absolute atomic E-state index is 0.513. The predicted octanol–water partition coefficient (Wildman–Crippen LogP) is 4.32. The molecule has 3 rings (SSSR count). The largest absolute Gasteiger partial charge is 0.493 e. The van der Waals surface area contributed by atoms with Crippen molar-refractivity contribution in [3.8, 4) is 17.6 Å². The highest BCUT2D eigenvalue weighted by Crippen LogP contribution is 2.30. The molecule has 0 unspecified atom stereocenters. The number of pyridine rings is 1. The van der Waals surface area contributed by atoms with Crippen molar-refractivity contribution in [1.29, 1.82) is 5.26 Å². The minimum atomic E-state index is 0.513. The summed E-state index contributed by atoms with van der Waals surface area (Å²) in [5.74, 6) is 1.21. The van der Waals surface area contributed by atoms with Crippen molar-refractivity contribution in [2.24, 2.45) is 0 Å². The van der Waals surface area contributed by atoms with Gasteiger partial charge in [-0.05, 0) is 42.0 Å². The molecule has 0 saturated carbocycles. The van der Waals surface area contributed by atoms with Gasteiger partial charge in [0.15, 0.2) is 11.5 Å². The number of nitrogens with zero attached hydrogens (tertiary/aromatic N) is 2. The van der Waals surface area contributed by atoms with Gasteiger partial charge in [-0.3, -0.25) is 0 Å². The molecule has 1 aromatic heterocycles. The van der Waals surface area contributed by atoms with E-state index in [0.717, 1.165) is 22.2 Å². The highest BCUT2D eigenvalue weighted by atomic mass is 16.5. The lowest BCUT2D eigenvalue weighted by Gasteiger charge is -2.09. The zero-order chi connectivity index (χ0) is 16.9. The monoisotopic (exact) mass is 316 g/mol. The summed E-state index contributed by atoms with van der Waals surface area (Å²) < 4.78 is 10.5. The van der Waals surface area contributed by atoms with Gasteiger partial charge < -0.3 is 9.47 Å². The van der Waals surface area contributed by atoms with Crippen LogP contribution < -0.4 is 9.47 Å². The van der Waals surface area contributed by atoms with Crippen LogP contribution in [0.4, 0.5) is 0 Å². The zero-order valence-electron chi connectivity index (χ0n) is 13.5. The third-order valence-corrected chi connectivity index (χ3v) is 3.73. The van der Waals surface area contributed by atoms with Gasteiger partial charge in [0.2, 0.25) is 0 Å². The van der Waals surface area contributed by atoms with Crippen LogP contribution in [0.2, 0.25) is 0 Å². The number of hydrogen-bond donors (Lipinski definition) is 0. The highest BCUT2D eigenvalue weighted by molar-refractivity contribution is 5.90. The van der Waals surface area contributed by atoms with Gasteiger partial charge in [0.05, 0.1) is 37.1 Å². The molecule has 0 N–H and O–H groups in total. The topological polar surface area (TPSA) is 55.1 Å². The molecule has 0 saturated heterocycles. The van der Waals surface area contributed by atoms with Crippen LogP contribution in [-0.2, 0) is 0 Å². The summed E-state index contributed by atoms with van der Waals surface area (Å²) in [5, 5.41) is 10.6. The van der Waals surface area contributed by atoms with Gasteiger partial charge in [0.1, 0.15) is 0 Å². The average molecular weight is 316 g/mol. The van der Waals surface area contributed by atoms with Crippen LogP contribution in [-0.4, -0.2) is 19.2 Å². The molecule has 1 heterocycles. The molecule has 2 aromatic carbocycles. The molecule has 0 radical (unpaired) electrons. The highest BCUT2D eigenvalue weighted by Gasteiger charge is 2.08. The molecule has 0 aliphatic rings. The van der Waals surface area contributed by atoms with Crippen molar-refractivity contribution in [3.05, 3.63) is 65.9 Å². The van der Waals surface area contributed by atoms with E-state index in [-0.39, 0.29) is 0 Å². The molecule has 0 aliphatic heterocycles. The summed E-state index contributed by atoms with van der Waals surface area (Å²) in [7, 11) is 3.15. The van der Waals surface area contributed by atoms with Crippen molar-refractivity contribution in [3.63, 3.8) is 0 Å².